The molecule has 0 unspecified atom stereocenters. The van der Waals surface area contributed by atoms with Crippen molar-refractivity contribution in [2.24, 2.45) is 0 Å². The van der Waals surface area contributed by atoms with Crippen molar-refractivity contribution in [2.45, 2.75) is 46.0 Å². The number of carbonyl (C=O) groups excluding carboxylic acids is 4. The van der Waals surface area contributed by atoms with Gasteiger partial charge in [0.25, 0.3) is 0 Å². The molecule has 0 aromatic heterocycles. The van der Waals surface area contributed by atoms with Gasteiger partial charge in [0.15, 0.2) is 23.7 Å². The predicted octanol–water partition coefficient (Wildman–Crippen LogP) is 1.47. The normalized spacial score (nSPS) is 21.3. The Balaban J connectivity index is 2.36. The number of rotatable bonds is 5. The van der Waals surface area contributed by atoms with Crippen molar-refractivity contribution in [1.29, 1.82) is 0 Å². The van der Waals surface area contributed by atoms with Gasteiger partial charge in [0.1, 0.15) is 6.10 Å². The van der Waals surface area contributed by atoms with Crippen LogP contribution in [0.5, 0.6) is 11.5 Å². The van der Waals surface area contributed by atoms with Crippen molar-refractivity contribution in [3.8, 4) is 11.5 Å². The molecule has 0 aliphatic carbocycles. The monoisotopic (exact) mass is 380 g/mol. The van der Waals surface area contributed by atoms with Crippen LogP contribution in [0.4, 0.5) is 0 Å². The Kier molecular flexibility index (Phi) is 6.51. The van der Waals surface area contributed by atoms with E-state index in [-0.39, 0.29) is 18.1 Å². The lowest BCUT2D eigenvalue weighted by molar-refractivity contribution is -0.162. The summed E-state index contributed by atoms with van der Waals surface area (Å²) in [4.78, 5) is 45.3. The highest BCUT2D eigenvalue weighted by Gasteiger charge is 2.43. The molecule has 0 spiro atoms. The number of hydrogen-bond donors (Lipinski definition) is 0. The molecular weight excluding hydrogens is 360 g/mol. The van der Waals surface area contributed by atoms with Crippen LogP contribution in [0.25, 0.3) is 0 Å². The van der Waals surface area contributed by atoms with Crippen LogP contribution in [0.2, 0.25) is 0 Å². The molecule has 1 saturated heterocycles. The Morgan fingerprint density at radius 2 is 1.44 bits per heavy atom. The molecule has 27 heavy (non-hydrogen) atoms. The Morgan fingerprint density at radius 1 is 0.852 bits per heavy atom. The van der Waals surface area contributed by atoms with E-state index in [2.05, 4.69) is 0 Å². The first-order chi connectivity index (χ1) is 12.7. The number of carbonyl (C=O) groups is 4. The van der Waals surface area contributed by atoms with Crippen LogP contribution in [0.1, 0.15) is 39.4 Å². The second kappa shape index (κ2) is 8.63. The average molecular weight is 380 g/mol. The lowest BCUT2D eigenvalue weighted by atomic mass is 10.0. The molecule has 1 aromatic rings. The van der Waals surface area contributed by atoms with Gasteiger partial charge in [0.2, 0.25) is 0 Å². The van der Waals surface area contributed by atoms with Gasteiger partial charge in [-0.05, 0) is 17.7 Å². The Hall–Kier alpha value is -2.94. The van der Waals surface area contributed by atoms with Crippen molar-refractivity contribution in [3.63, 3.8) is 0 Å². The SMILES string of the molecule is CC(=O)Oc1ccc([C@@H]2OC[C@@H](OC(C)=O)[C@H]2OC(C)=O)cc1OC(C)=O. The second-order valence-corrected chi connectivity index (χ2v) is 5.87. The third-order valence-electron chi connectivity index (χ3n) is 3.53. The number of hydrogen-bond acceptors (Lipinski definition) is 9. The minimum absolute atomic E-state index is 0.0105. The van der Waals surface area contributed by atoms with E-state index in [0.29, 0.717) is 5.56 Å². The second-order valence-electron chi connectivity index (χ2n) is 5.87. The summed E-state index contributed by atoms with van der Waals surface area (Å²) in [5, 5.41) is 0. The molecule has 3 atom stereocenters. The van der Waals surface area contributed by atoms with Gasteiger partial charge in [-0.2, -0.15) is 0 Å². The molecule has 0 bridgehead atoms. The van der Waals surface area contributed by atoms with Crippen LogP contribution in [0.15, 0.2) is 18.2 Å². The third kappa shape index (κ3) is 5.52. The highest BCUT2D eigenvalue weighted by Crippen LogP contribution is 2.38. The predicted molar refractivity (Wildman–Crippen MR) is 88.9 cm³/mol. The minimum atomic E-state index is -0.879. The van der Waals surface area contributed by atoms with E-state index in [9.17, 15) is 19.2 Å². The lowest BCUT2D eigenvalue weighted by Gasteiger charge is -2.23. The smallest absolute Gasteiger partial charge is 0.308 e. The molecule has 1 aliphatic rings. The van der Waals surface area contributed by atoms with Crippen LogP contribution < -0.4 is 9.47 Å². The first kappa shape index (κ1) is 20.4. The fourth-order valence-electron chi connectivity index (χ4n) is 2.69. The maximum absolute atomic E-state index is 11.5. The van der Waals surface area contributed by atoms with Crippen molar-refractivity contribution >= 4 is 23.9 Å². The maximum atomic E-state index is 11.5. The van der Waals surface area contributed by atoms with Crippen molar-refractivity contribution in [2.75, 3.05) is 6.61 Å². The van der Waals surface area contributed by atoms with Crippen LogP contribution in [-0.2, 0) is 33.4 Å². The topological polar surface area (TPSA) is 114 Å². The standard InChI is InChI=1S/C18H20O9/c1-9(19)24-14-6-5-13(7-15(14)25-10(2)20)17-18(27-12(4)22)16(8-23-17)26-11(3)21/h5-7,16-18H,8H2,1-4H3/t16-,17+,18-/m1/s1. The van der Waals surface area contributed by atoms with Gasteiger partial charge in [-0.3, -0.25) is 19.2 Å². The van der Waals surface area contributed by atoms with Crippen molar-refractivity contribution < 1.29 is 42.9 Å². The van der Waals surface area contributed by atoms with Crippen LogP contribution >= 0.6 is 0 Å². The summed E-state index contributed by atoms with van der Waals surface area (Å²) >= 11 is 0. The van der Waals surface area contributed by atoms with E-state index in [1.165, 1.54) is 39.8 Å². The molecular formula is C18H20O9. The summed E-state index contributed by atoms with van der Waals surface area (Å²) in [5.41, 5.74) is 0.489. The van der Waals surface area contributed by atoms with E-state index < -0.39 is 42.2 Å². The van der Waals surface area contributed by atoms with Gasteiger partial charge in [0, 0.05) is 27.7 Å². The van der Waals surface area contributed by atoms with Crippen molar-refractivity contribution in [1.82, 2.24) is 0 Å². The molecule has 0 N–H and O–H groups in total. The van der Waals surface area contributed by atoms with Gasteiger partial charge in [-0.25, -0.2) is 0 Å². The summed E-state index contributed by atoms with van der Waals surface area (Å²) in [7, 11) is 0. The molecule has 0 saturated carbocycles. The summed E-state index contributed by atoms with van der Waals surface area (Å²) in [6.45, 7) is 4.91. The van der Waals surface area contributed by atoms with Gasteiger partial charge >= 0.3 is 23.9 Å². The molecule has 1 fully saturated rings. The van der Waals surface area contributed by atoms with Gasteiger partial charge in [-0.15, -0.1) is 0 Å². The van der Waals surface area contributed by atoms with E-state index in [1.54, 1.807) is 6.07 Å². The van der Waals surface area contributed by atoms with Gasteiger partial charge < -0.3 is 23.7 Å². The quantitative estimate of drug-likeness (QED) is 0.553. The first-order valence-corrected chi connectivity index (χ1v) is 8.14. The maximum Gasteiger partial charge on any atom is 0.308 e. The van der Waals surface area contributed by atoms with E-state index >= 15 is 0 Å². The van der Waals surface area contributed by atoms with E-state index in [4.69, 9.17) is 23.7 Å². The summed E-state index contributed by atoms with van der Waals surface area (Å²) in [6.07, 6.45) is -2.42. The number of esters is 4. The lowest BCUT2D eigenvalue weighted by Crippen LogP contribution is -2.34. The highest BCUT2D eigenvalue weighted by atomic mass is 16.6. The van der Waals surface area contributed by atoms with Crippen LogP contribution in [-0.4, -0.2) is 42.7 Å². The van der Waals surface area contributed by atoms with Crippen LogP contribution in [0.3, 0.4) is 0 Å². The molecule has 2 rings (SSSR count). The molecule has 9 nitrogen and oxygen atoms in total. The minimum Gasteiger partial charge on any atom is -0.456 e. The molecule has 0 radical (unpaired) electrons. The number of ether oxygens (including phenoxy) is 5. The molecule has 1 aromatic carbocycles. The molecule has 0 amide bonds. The molecule has 1 aliphatic heterocycles. The zero-order valence-electron chi connectivity index (χ0n) is 15.3. The molecule has 1 heterocycles. The Bertz CT molecular complexity index is 755. The molecule has 9 heteroatoms. The van der Waals surface area contributed by atoms with E-state index in [1.807, 2.05) is 0 Å². The van der Waals surface area contributed by atoms with Crippen LogP contribution in [0, 0.1) is 0 Å². The zero-order valence-corrected chi connectivity index (χ0v) is 15.3. The summed E-state index contributed by atoms with van der Waals surface area (Å²) < 4.78 is 26.2. The largest absolute Gasteiger partial charge is 0.456 e. The first-order valence-electron chi connectivity index (χ1n) is 8.14. The summed E-state index contributed by atoms with van der Waals surface area (Å²) in [5.74, 6) is -2.23. The fourth-order valence-corrected chi connectivity index (χ4v) is 2.69. The van der Waals surface area contributed by atoms with Gasteiger partial charge in [-0.1, -0.05) is 6.07 Å². The molecule has 146 valence electrons. The highest BCUT2D eigenvalue weighted by molar-refractivity contribution is 5.74. The third-order valence-corrected chi connectivity index (χ3v) is 3.53. The zero-order chi connectivity index (χ0) is 20.1. The number of benzene rings is 1. The van der Waals surface area contributed by atoms with E-state index in [0.717, 1.165) is 0 Å². The van der Waals surface area contributed by atoms with Gasteiger partial charge in [0.05, 0.1) is 6.61 Å². The summed E-state index contributed by atoms with van der Waals surface area (Å²) in [6, 6.07) is 4.45. The Morgan fingerprint density at radius 3 is 2.00 bits per heavy atom. The Labute approximate surface area is 155 Å². The fraction of sp³-hybridized carbons (Fsp3) is 0.444. The average Bonchev–Trinajstić information content (AvgIpc) is 2.89. The van der Waals surface area contributed by atoms with Crippen molar-refractivity contribution in [3.05, 3.63) is 23.8 Å².